The van der Waals surface area contributed by atoms with Crippen molar-refractivity contribution in [2.45, 2.75) is 86.5 Å². The summed E-state index contributed by atoms with van der Waals surface area (Å²) in [6.45, 7) is 22.8. The van der Waals surface area contributed by atoms with Gasteiger partial charge >= 0.3 is 25.8 Å². The summed E-state index contributed by atoms with van der Waals surface area (Å²) in [6, 6.07) is 8.95. The third-order valence-corrected chi connectivity index (χ3v) is 13.2. The normalized spacial score (nSPS) is 25.8. The predicted molar refractivity (Wildman–Crippen MR) is 176 cm³/mol. The van der Waals surface area contributed by atoms with E-state index in [-0.39, 0.29) is 70.3 Å². The van der Waals surface area contributed by atoms with Crippen LogP contribution in [0.3, 0.4) is 0 Å². The number of allylic oxidation sites excluding steroid dienone is 8. The van der Waals surface area contributed by atoms with E-state index in [1.54, 1.807) is 0 Å². The largest absolute Gasteiger partial charge is 4.00 e. The number of rotatable bonds is 4. The Morgan fingerprint density at radius 3 is 1.41 bits per heavy atom. The molecule has 0 amide bonds. The van der Waals surface area contributed by atoms with Crippen LogP contribution in [0, 0.1) is 56.8 Å². The fraction of sp³-hybridized carbons (Fsp3) is 0.528. The van der Waals surface area contributed by atoms with E-state index in [9.17, 15) is 5.16 Å². The first kappa shape index (κ1) is 38.3. The van der Waals surface area contributed by atoms with Crippen molar-refractivity contribution >= 4 is 12.4 Å². The molecule has 39 heavy (non-hydrogen) atoms. The van der Waals surface area contributed by atoms with Gasteiger partial charge in [0.25, 0.3) is 0 Å². The van der Waals surface area contributed by atoms with E-state index in [2.05, 4.69) is 130 Å². The molecule has 1 fully saturated rings. The molecule has 0 heterocycles. The van der Waals surface area contributed by atoms with Crippen LogP contribution in [-0.2, 0) is 25.8 Å². The first-order valence-electron chi connectivity index (χ1n) is 13.7. The monoisotopic (exact) mass is 713 g/mol. The predicted octanol–water partition coefficient (Wildman–Crippen LogP) is 10.9. The van der Waals surface area contributed by atoms with Crippen molar-refractivity contribution in [3.8, 4) is 0 Å². The zero-order valence-corrected chi connectivity index (χ0v) is 31.7. The van der Waals surface area contributed by atoms with Gasteiger partial charge in [-0.2, -0.15) is 7.05 Å². The average molecular weight is 712 g/mol. The minimum Gasteiger partial charge on any atom is -0.804 e. The minimum atomic E-state index is -2.32. The molecule has 1 saturated carbocycles. The Balaban J connectivity index is 0.00000361. The quantitative estimate of drug-likeness (QED) is 0.169. The van der Waals surface area contributed by atoms with Crippen molar-refractivity contribution in [2.24, 2.45) is 34.5 Å². The molecule has 3 aliphatic rings. The molecular weight excluding hydrogens is 656 g/mol. The summed E-state index contributed by atoms with van der Waals surface area (Å²) in [6.07, 6.45) is 15.0. The Labute approximate surface area is 262 Å². The smallest absolute Gasteiger partial charge is 0.804 e. The van der Waals surface area contributed by atoms with Gasteiger partial charge in [0.05, 0.1) is 0 Å². The summed E-state index contributed by atoms with van der Waals surface area (Å²) >= 11 is 0. The molecule has 0 N–H and O–H groups in total. The van der Waals surface area contributed by atoms with Gasteiger partial charge in [-0.05, 0) is 73.8 Å². The van der Waals surface area contributed by atoms with Crippen LogP contribution in [-0.4, -0.2) is 11.3 Å². The molecule has 0 aromatic heterocycles. The average Bonchev–Trinajstić information content (AvgIpc) is 3.10. The second-order valence-corrected chi connectivity index (χ2v) is 17.8. The fourth-order valence-corrected chi connectivity index (χ4v) is 10.1. The number of fused-ring (bicyclic) bond motifs is 3. The molecule has 3 heteroatoms. The first-order valence-corrected chi connectivity index (χ1v) is 15.6. The van der Waals surface area contributed by atoms with Crippen molar-refractivity contribution in [1.29, 1.82) is 0 Å². The van der Waals surface area contributed by atoms with Crippen LogP contribution < -0.4 is 5.30 Å². The van der Waals surface area contributed by atoms with E-state index in [1.165, 1.54) is 22.0 Å². The number of benzene rings is 1. The first-order chi connectivity index (χ1) is 16.2. The molecule has 0 bridgehead atoms. The second kappa shape index (κ2) is 13.5. The number of hydrogen-bond donors (Lipinski definition) is 0. The fourth-order valence-electron chi connectivity index (χ4n) is 6.81. The van der Waals surface area contributed by atoms with E-state index in [1.807, 2.05) is 0 Å². The zero-order chi connectivity index (χ0) is 25.9. The molecule has 0 radical (unpaired) electrons. The third-order valence-electron chi connectivity index (χ3n) is 8.89. The van der Waals surface area contributed by atoms with Crippen LogP contribution in [0.2, 0.25) is 0 Å². The summed E-state index contributed by atoms with van der Waals surface area (Å²) in [4.78, 5) is 0. The maximum atomic E-state index is 12.3. The molecule has 4 rings (SSSR count). The molecule has 4 atom stereocenters. The molecular formula is C36H56HfNP. The van der Waals surface area contributed by atoms with Crippen LogP contribution in [0.4, 0.5) is 0 Å². The van der Waals surface area contributed by atoms with Crippen LogP contribution >= 0.6 is 7.05 Å². The van der Waals surface area contributed by atoms with Crippen molar-refractivity contribution in [2.75, 3.05) is 0 Å². The van der Waals surface area contributed by atoms with Crippen LogP contribution in [0.15, 0.2) is 71.9 Å². The number of nitrogens with zero attached hydrogens (tertiary/aromatic N) is 1. The van der Waals surface area contributed by atoms with Crippen molar-refractivity contribution in [1.82, 2.24) is 0 Å². The van der Waals surface area contributed by atoms with E-state index >= 15 is 0 Å². The molecule has 3 aliphatic carbocycles. The summed E-state index contributed by atoms with van der Waals surface area (Å²) in [7, 11) is -2.32. The SMILES string of the molecule is CC(C)P(=[N-])(c1ccccc1C1C2C=C(C(C)(C)C)C=CC2C2C=CC(C(C)(C)C)=CC21)C(C)C.[CH3-].[CH3-].[CH3-].[Hf+4]. The molecule has 0 aliphatic heterocycles. The van der Waals surface area contributed by atoms with Gasteiger partial charge in [-0.3, -0.25) is 0 Å². The summed E-state index contributed by atoms with van der Waals surface area (Å²) in [5.41, 5.74) is 5.04. The zero-order valence-electron chi connectivity index (χ0n) is 27.2. The van der Waals surface area contributed by atoms with Gasteiger partial charge in [0.2, 0.25) is 0 Å². The number of hydrogen-bond acceptors (Lipinski definition) is 0. The Morgan fingerprint density at radius 2 is 1.05 bits per heavy atom. The summed E-state index contributed by atoms with van der Waals surface area (Å²) in [5.74, 6) is 2.26. The van der Waals surface area contributed by atoms with E-state index < -0.39 is 7.05 Å². The molecule has 1 aromatic rings. The van der Waals surface area contributed by atoms with Gasteiger partial charge in [0.1, 0.15) is 0 Å². The van der Waals surface area contributed by atoms with Crippen LogP contribution in [0.1, 0.15) is 80.7 Å². The second-order valence-electron chi connectivity index (χ2n) is 13.8. The van der Waals surface area contributed by atoms with Gasteiger partial charge in [0, 0.05) is 0 Å². The maximum absolute atomic E-state index is 12.3. The molecule has 1 aromatic carbocycles. The van der Waals surface area contributed by atoms with E-state index in [0.717, 1.165) is 0 Å². The standard InChI is InChI=1S/C33H47NP.3CH3.Hf/c1-21(2)35(34,22(3)4)30-14-12-11-13-27(30)31-28-19-23(32(5,6)7)15-17-25(28)26-18-16-24(20-29(26)31)33(8,9)10;;;;/h11-22,25-26,28-29,31H,1-10H3;3*1H3;/q4*-1;+4. The van der Waals surface area contributed by atoms with Gasteiger partial charge < -0.3 is 27.4 Å². The molecule has 0 saturated heterocycles. The van der Waals surface area contributed by atoms with Crippen molar-refractivity contribution in [3.63, 3.8) is 0 Å². The third kappa shape index (κ3) is 6.85. The van der Waals surface area contributed by atoms with Crippen LogP contribution in [0.25, 0.3) is 5.16 Å². The molecule has 4 unspecified atom stereocenters. The van der Waals surface area contributed by atoms with Gasteiger partial charge in [-0.1, -0.05) is 130 Å². The maximum Gasteiger partial charge on any atom is 4.00 e. The molecule has 0 spiro atoms. The van der Waals surface area contributed by atoms with Crippen LogP contribution in [0.5, 0.6) is 0 Å². The Hall–Kier alpha value is -0.720. The minimum absolute atomic E-state index is 0. The Kier molecular flexibility index (Phi) is 13.3. The van der Waals surface area contributed by atoms with Gasteiger partial charge in [-0.15, -0.1) is 0 Å². The molecule has 214 valence electrons. The van der Waals surface area contributed by atoms with Crippen molar-refractivity contribution < 1.29 is 25.8 Å². The van der Waals surface area contributed by atoms with Gasteiger partial charge in [-0.25, -0.2) is 0 Å². The van der Waals surface area contributed by atoms with Crippen molar-refractivity contribution in [3.05, 3.63) is 105 Å². The Bertz CT molecular complexity index is 1070. The Morgan fingerprint density at radius 1 is 0.667 bits per heavy atom. The summed E-state index contributed by atoms with van der Waals surface area (Å²) < 4.78 is 0. The topological polar surface area (TPSA) is 22.3 Å². The van der Waals surface area contributed by atoms with E-state index in [4.69, 9.17) is 0 Å². The molecule has 1 nitrogen and oxygen atoms in total. The van der Waals surface area contributed by atoms with E-state index in [0.29, 0.717) is 29.6 Å². The van der Waals surface area contributed by atoms with Gasteiger partial charge in [0.15, 0.2) is 0 Å². The summed E-state index contributed by atoms with van der Waals surface area (Å²) in [5, 5.41) is 13.5.